The summed E-state index contributed by atoms with van der Waals surface area (Å²) in [6, 6.07) is 1.85. The molecule has 0 heterocycles. The fourth-order valence-electron chi connectivity index (χ4n) is 1.55. The van der Waals surface area contributed by atoms with Crippen LogP contribution in [0.2, 0.25) is 5.02 Å². The number of amides is 1. The summed E-state index contributed by atoms with van der Waals surface area (Å²) in [7, 11) is -4.00. The lowest BCUT2D eigenvalue weighted by molar-refractivity contribution is -0.114. The van der Waals surface area contributed by atoms with Gasteiger partial charge in [-0.25, -0.2) is 17.5 Å². The molecule has 1 amide bonds. The molecule has 0 fully saturated rings. The van der Waals surface area contributed by atoms with Gasteiger partial charge in [-0.1, -0.05) is 18.5 Å². The van der Waals surface area contributed by atoms with Crippen molar-refractivity contribution in [2.75, 3.05) is 25.0 Å². The first kappa shape index (κ1) is 17.8. The maximum absolute atomic E-state index is 13.9. The van der Waals surface area contributed by atoms with Crippen LogP contribution in [0.1, 0.15) is 13.8 Å². The minimum atomic E-state index is -4.00. The summed E-state index contributed by atoms with van der Waals surface area (Å²) in [6.45, 7) is 4.37. The molecule has 3 N–H and O–H groups in total. The fraction of sp³-hybridized carbons (Fsp3) is 0.417. The molecule has 6 nitrogen and oxygen atoms in total. The van der Waals surface area contributed by atoms with Crippen molar-refractivity contribution in [3.8, 4) is 0 Å². The summed E-state index contributed by atoms with van der Waals surface area (Å²) in [5.74, 6) is -1.42. The molecule has 0 saturated heterocycles. The summed E-state index contributed by atoms with van der Waals surface area (Å²) >= 11 is 5.85. The molecule has 0 spiro atoms. The van der Waals surface area contributed by atoms with Crippen LogP contribution in [0.25, 0.3) is 0 Å². The second kappa shape index (κ2) is 7.69. The standard InChI is InChI=1S/C12H17ClFN3O3S/c1-3-15-4-5-16-21(19,20)12-6-9(13)11(7-10(12)14)17-8(2)18/h6-7,15-16H,3-5H2,1-2H3,(H,17,18). The highest BCUT2D eigenvalue weighted by Crippen LogP contribution is 2.27. The Bertz CT molecular complexity index is 622. The molecule has 0 aliphatic carbocycles. The number of rotatable bonds is 7. The Morgan fingerprint density at radius 1 is 1.33 bits per heavy atom. The first-order valence-corrected chi connectivity index (χ1v) is 8.11. The maximum Gasteiger partial charge on any atom is 0.243 e. The summed E-state index contributed by atoms with van der Waals surface area (Å²) in [6.07, 6.45) is 0. The third-order valence-electron chi connectivity index (χ3n) is 2.47. The molecule has 1 aromatic rings. The van der Waals surface area contributed by atoms with E-state index in [-0.39, 0.29) is 17.3 Å². The van der Waals surface area contributed by atoms with Crippen molar-refractivity contribution in [1.82, 2.24) is 10.0 Å². The van der Waals surface area contributed by atoms with Gasteiger partial charge in [0.2, 0.25) is 15.9 Å². The Morgan fingerprint density at radius 3 is 2.57 bits per heavy atom. The largest absolute Gasteiger partial charge is 0.325 e. The molecule has 0 aromatic heterocycles. The number of benzene rings is 1. The van der Waals surface area contributed by atoms with Gasteiger partial charge in [-0.3, -0.25) is 4.79 Å². The molecule has 0 aliphatic heterocycles. The molecular weight excluding hydrogens is 321 g/mol. The van der Waals surface area contributed by atoms with E-state index in [4.69, 9.17) is 11.6 Å². The SMILES string of the molecule is CCNCCNS(=O)(=O)c1cc(Cl)c(NC(C)=O)cc1F. The van der Waals surface area contributed by atoms with Crippen molar-refractivity contribution in [3.63, 3.8) is 0 Å². The van der Waals surface area contributed by atoms with Gasteiger partial charge in [0.25, 0.3) is 0 Å². The molecule has 0 aliphatic rings. The molecule has 0 radical (unpaired) electrons. The lowest BCUT2D eigenvalue weighted by Crippen LogP contribution is -2.32. The first-order valence-electron chi connectivity index (χ1n) is 6.25. The predicted octanol–water partition coefficient (Wildman–Crippen LogP) is 1.33. The highest BCUT2D eigenvalue weighted by molar-refractivity contribution is 7.89. The smallest absolute Gasteiger partial charge is 0.243 e. The van der Waals surface area contributed by atoms with Crippen LogP contribution in [-0.2, 0) is 14.8 Å². The summed E-state index contributed by atoms with van der Waals surface area (Å²) < 4.78 is 40.1. The van der Waals surface area contributed by atoms with Gasteiger partial charge < -0.3 is 10.6 Å². The Hall–Kier alpha value is -1.22. The van der Waals surface area contributed by atoms with Gasteiger partial charge in [0.1, 0.15) is 10.7 Å². The van der Waals surface area contributed by atoms with E-state index in [9.17, 15) is 17.6 Å². The number of halogens is 2. The van der Waals surface area contributed by atoms with Gasteiger partial charge in [-0.15, -0.1) is 0 Å². The molecule has 0 saturated carbocycles. The highest BCUT2D eigenvalue weighted by Gasteiger charge is 2.21. The zero-order valence-electron chi connectivity index (χ0n) is 11.7. The summed E-state index contributed by atoms with van der Waals surface area (Å²) in [4.78, 5) is 10.4. The van der Waals surface area contributed by atoms with E-state index in [0.29, 0.717) is 13.1 Å². The molecule has 1 aromatic carbocycles. The second-order valence-electron chi connectivity index (χ2n) is 4.19. The summed E-state index contributed by atoms with van der Waals surface area (Å²) in [5.41, 5.74) is 0.0215. The van der Waals surface area contributed by atoms with Crippen molar-refractivity contribution in [2.24, 2.45) is 0 Å². The van der Waals surface area contributed by atoms with Crippen LogP contribution >= 0.6 is 11.6 Å². The third kappa shape index (κ3) is 5.24. The summed E-state index contributed by atoms with van der Waals surface area (Å²) in [5, 5.41) is 5.19. The Kier molecular flexibility index (Phi) is 6.53. The zero-order valence-corrected chi connectivity index (χ0v) is 13.2. The van der Waals surface area contributed by atoms with Gasteiger partial charge in [0.15, 0.2) is 0 Å². The van der Waals surface area contributed by atoms with E-state index in [1.54, 1.807) is 0 Å². The van der Waals surface area contributed by atoms with Crippen LogP contribution in [0.4, 0.5) is 10.1 Å². The van der Waals surface area contributed by atoms with Crippen LogP contribution in [0.15, 0.2) is 17.0 Å². The fourth-order valence-corrected chi connectivity index (χ4v) is 2.94. The quantitative estimate of drug-likeness (QED) is 0.655. The van der Waals surface area contributed by atoms with Crippen molar-refractivity contribution in [3.05, 3.63) is 23.0 Å². The monoisotopic (exact) mass is 337 g/mol. The molecule has 0 bridgehead atoms. The van der Waals surface area contributed by atoms with Crippen LogP contribution in [-0.4, -0.2) is 34.0 Å². The van der Waals surface area contributed by atoms with Crippen LogP contribution in [0.3, 0.4) is 0 Å². The van der Waals surface area contributed by atoms with E-state index in [1.165, 1.54) is 6.92 Å². The normalized spacial score (nSPS) is 11.4. The second-order valence-corrected chi connectivity index (χ2v) is 6.34. The molecule has 0 unspecified atom stereocenters. The number of anilines is 1. The zero-order chi connectivity index (χ0) is 16.0. The first-order chi connectivity index (χ1) is 9.77. The molecule has 21 heavy (non-hydrogen) atoms. The average molecular weight is 338 g/mol. The van der Waals surface area contributed by atoms with Gasteiger partial charge >= 0.3 is 0 Å². The average Bonchev–Trinajstić information content (AvgIpc) is 2.38. The number of carbonyl (C=O) groups excluding carboxylic acids is 1. The number of hydrogen-bond acceptors (Lipinski definition) is 4. The number of nitrogens with one attached hydrogen (secondary N) is 3. The van der Waals surface area contributed by atoms with E-state index < -0.39 is 26.6 Å². The van der Waals surface area contributed by atoms with E-state index in [2.05, 4.69) is 15.4 Å². The van der Waals surface area contributed by atoms with E-state index in [1.807, 2.05) is 6.92 Å². The van der Waals surface area contributed by atoms with Crippen LogP contribution in [0.5, 0.6) is 0 Å². The number of hydrogen-bond donors (Lipinski definition) is 3. The Labute approximate surface area is 128 Å². The topological polar surface area (TPSA) is 87.3 Å². The van der Waals surface area contributed by atoms with Crippen LogP contribution in [0, 0.1) is 5.82 Å². The number of likely N-dealkylation sites (N-methyl/N-ethyl adjacent to an activating group) is 1. The minimum Gasteiger partial charge on any atom is -0.325 e. The van der Waals surface area contributed by atoms with Crippen LogP contribution < -0.4 is 15.4 Å². The third-order valence-corrected chi connectivity index (χ3v) is 4.25. The molecule has 118 valence electrons. The van der Waals surface area contributed by atoms with E-state index >= 15 is 0 Å². The van der Waals surface area contributed by atoms with Gasteiger partial charge in [-0.2, -0.15) is 0 Å². The minimum absolute atomic E-state index is 0.0215. The molecule has 0 atom stereocenters. The highest BCUT2D eigenvalue weighted by atomic mass is 35.5. The van der Waals surface area contributed by atoms with Gasteiger partial charge in [0.05, 0.1) is 10.7 Å². The Morgan fingerprint density at radius 2 is 2.00 bits per heavy atom. The van der Waals surface area contributed by atoms with E-state index in [0.717, 1.165) is 12.1 Å². The van der Waals surface area contributed by atoms with Gasteiger partial charge in [0, 0.05) is 26.1 Å². The lowest BCUT2D eigenvalue weighted by atomic mass is 10.3. The molecule has 1 rings (SSSR count). The number of sulfonamides is 1. The molecular formula is C12H17ClFN3O3S. The predicted molar refractivity (Wildman–Crippen MR) is 79.4 cm³/mol. The van der Waals surface area contributed by atoms with Gasteiger partial charge in [-0.05, 0) is 12.6 Å². The van der Waals surface area contributed by atoms with Crippen molar-refractivity contribution >= 4 is 33.2 Å². The van der Waals surface area contributed by atoms with Crippen molar-refractivity contribution in [1.29, 1.82) is 0 Å². The maximum atomic E-state index is 13.9. The Balaban J connectivity index is 2.97. The number of carbonyl (C=O) groups is 1. The lowest BCUT2D eigenvalue weighted by Gasteiger charge is -2.11. The van der Waals surface area contributed by atoms with Crippen molar-refractivity contribution in [2.45, 2.75) is 18.7 Å². The van der Waals surface area contributed by atoms with Crippen molar-refractivity contribution < 1.29 is 17.6 Å². The molecule has 9 heteroatoms.